The average molecular weight is 458 g/mol. The molecule has 1 aliphatic heterocycles. The molecule has 2 heterocycles. The number of thiazole rings is 1. The predicted octanol–water partition coefficient (Wildman–Crippen LogP) is 3.92. The van der Waals surface area contributed by atoms with Gasteiger partial charge in [0.25, 0.3) is 0 Å². The Bertz CT molecular complexity index is 1190. The monoisotopic (exact) mass is 457 g/mol. The van der Waals surface area contributed by atoms with Gasteiger partial charge in [-0.15, -0.1) is 11.3 Å². The minimum atomic E-state index is -3.79. The number of nitrogens with zero attached hydrogens (tertiary/aromatic N) is 2. The molecule has 4 rings (SSSR count). The first-order valence-electron chi connectivity index (χ1n) is 9.88. The predicted molar refractivity (Wildman–Crippen MR) is 121 cm³/mol. The second-order valence-corrected chi connectivity index (χ2v) is 10.2. The van der Waals surface area contributed by atoms with Gasteiger partial charge in [-0.2, -0.15) is 4.31 Å². The Kier molecular flexibility index (Phi) is 6.08. The lowest BCUT2D eigenvalue weighted by molar-refractivity contribution is -0.119. The number of ether oxygens (including phenoxy) is 1. The lowest BCUT2D eigenvalue weighted by Gasteiger charge is -2.23. The molecule has 1 aliphatic rings. The Morgan fingerprint density at radius 2 is 2.00 bits per heavy atom. The molecule has 0 spiro atoms. The number of sulfonamides is 1. The first-order valence-corrected chi connectivity index (χ1v) is 12.2. The highest BCUT2D eigenvalue weighted by molar-refractivity contribution is 7.89. The van der Waals surface area contributed by atoms with E-state index >= 15 is 0 Å². The molecular formula is C22H23N3O4S2. The van der Waals surface area contributed by atoms with Crippen molar-refractivity contribution in [2.75, 3.05) is 19.0 Å². The molecular weight excluding hydrogens is 434 g/mol. The van der Waals surface area contributed by atoms with Crippen molar-refractivity contribution < 1.29 is 17.9 Å². The minimum absolute atomic E-state index is 0.147. The molecule has 1 saturated heterocycles. The second-order valence-electron chi connectivity index (χ2n) is 7.27. The van der Waals surface area contributed by atoms with Crippen molar-refractivity contribution in [2.24, 2.45) is 0 Å². The maximum atomic E-state index is 13.1. The van der Waals surface area contributed by atoms with Gasteiger partial charge in [0.2, 0.25) is 15.9 Å². The fourth-order valence-corrected chi connectivity index (χ4v) is 5.93. The summed E-state index contributed by atoms with van der Waals surface area (Å²) in [4.78, 5) is 17.6. The Balaban J connectivity index is 1.53. The van der Waals surface area contributed by atoms with Crippen LogP contribution in [0.2, 0.25) is 0 Å². The molecule has 1 amide bonds. The van der Waals surface area contributed by atoms with Crippen LogP contribution >= 0.6 is 11.3 Å². The zero-order chi connectivity index (χ0) is 22.0. The van der Waals surface area contributed by atoms with Crippen LogP contribution in [0.5, 0.6) is 5.75 Å². The number of hydrogen-bond donors (Lipinski definition) is 1. The Morgan fingerprint density at radius 3 is 2.68 bits per heavy atom. The van der Waals surface area contributed by atoms with Crippen molar-refractivity contribution in [1.82, 2.24) is 9.29 Å². The summed E-state index contributed by atoms with van der Waals surface area (Å²) in [6.07, 6.45) is 1.11. The summed E-state index contributed by atoms with van der Waals surface area (Å²) in [6, 6.07) is 12.9. The van der Waals surface area contributed by atoms with Gasteiger partial charge in [0.1, 0.15) is 11.8 Å². The number of carbonyl (C=O) groups excluding carboxylic acids is 1. The van der Waals surface area contributed by atoms with Crippen LogP contribution < -0.4 is 10.1 Å². The summed E-state index contributed by atoms with van der Waals surface area (Å²) in [7, 11) is -2.27. The van der Waals surface area contributed by atoms with Gasteiger partial charge in [-0.05, 0) is 56.2 Å². The van der Waals surface area contributed by atoms with Crippen LogP contribution in [0.4, 0.5) is 5.69 Å². The Labute approximate surface area is 185 Å². The molecule has 1 aromatic heterocycles. The van der Waals surface area contributed by atoms with Crippen molar-refractivity contribution in [1.29, 1.82) is 0 Å². The summed E-state index contributed by atoms with van der Waals surface area (Å²) in [6.45, 7) is 2.25. The second kappa shape index (κ2) is 8.78. The highest BCUT2D eigenvalue weighted by Gasteiger charge is 2.39. The lowest BCUT2D eigenvalue weighted by atomic mass is 10.1. The van der Waals surface area contributed by atoms with Crippen LogP contribution in [-0.4, -0.2) is 43.3 Å². The normalized spacial score (nSPS) is 16.9. The molecule has 7 nitrogen and oxygen atoms in total. The number of hydrogen-bond acceptors (Lipinski definition) is 6. The molecule has 0 aliphatic carbocycles. The van der Waals surface area contributed by atoms with E-state index in [-0.39, 0.29) is 10.8 Å². The largest absolute Gasteiger partial charge is 0.497 e. The highest BCUT2D eigenvalue weighted by Crippen LogP contribution is 2.29. The Hall–Kier alpha value is -2.75. The van der Waals surface area contributed by atoms with Crippen LogP contribution in [0.25, 0.3) is 11.3 Å². The first kappa shape index (κ1) is 21.5. The van der Waals surface area contributed by atoms with Crippen molar-refractivity contribution in [3.05, 3.63) is 58.9 Å². The smallest absolute Gasteiger partial charge is 0.243 e. The van der Waals surface area contributed by atoms with Gasteiger partial charge < -0.3 is 10.1 Å². The number of aromatic nitrogens is 1. The average Bonchev–Trinajstić information content (AvgIpc) is 3.44. The van der Waals surface area contributed by atoms with Gasteiger partial charge in [-0.25, -0.2) is 13.4 Å². The van der Waals surface area contributed by atoms with Gasteiger partial charge in [0.15, 0.2) is 0 Å². The van der Waals surface area contributed by atoms with Crippen molar-refractivity contribution in [3.63, 3.8) is 0 Å². The van der Waals surface area contributed by atoms with E-state index in [2.05, 4.69) is 10.3 Å². The van der Waals surface area contributed by atoms with E-state index in [9.17, 15) is 13.2 Å². The molecule has 1 atom stereocenters. The quantitative estimate of drug-likeness (QED) is 0.606. The summed E-state index contributed by atoms with van der Waals surface area (Å²) in [5.74, 6) is 0.242. The number of nitrogens with one attached hydrogen (secondary N) is 1. The van der Waals surface area contributed by atoms with Crippen molar-refractivity contribution in [2.45, 2.75) is 30.7 Å². The van der Waals surface area contributed by atoms with Gasteiger partial charge >= 0.3 is 0 Å². The third kappa shape index (κ3) is 4.48. The number of rotatable bonds is 6. The van der Waals surface area contributed by atoms with E-state index in [0.717, 1.165) is 16.3 Å². The van der Waals surface area contributed by atoms with Crippen molar-refractivity contribution >= 4 is 33.0 Å². The van der Waals surface area contributed by atoms with Gasteiger partial charge in [0.05, 0.1) is 22.7 Å². The molecule has 0 saturated carbocycles. The number of carbonyl (C=O) groups is 1. The molecule has 1 N–H and O–H groups in total. The molecule has 0 bridgehead atoms. The zero-order valence-electron chi connectivity index (χ0n) is 17.2. The van der Waals surface area contributed by atoms with Crippen LogP contribution in [0, 0.1) is 6.92 Å². The lowest BCUT2D eigenvalue weighted by Crippen LogP contribution is -2.43. The number of anilines is 1. The van der Waals surface area contributed by atoms with E-state index in [1.54, 1.807) is 29.5 Å². The van der Waals surface area contributed by atoms with Gasteiger partial charge in [0, 0.05) is 23.2 Å². The number of benzene rings is 2. The molecule has 3 aromatic rings. The summed E-state index contributed by atoms with van der Waals surface area (Å²) < 4.78 is 32.7. The first-order chi connectivity index (χ1) is 14.9. The highest BCUT2D eigenvalue weighted by atomic mass is 32.2. The van der Waals surface area contributed by atoms with Gasteiger partial charge in [-0.3, -0.25) is 4.79 Å². The molecule has 31 heavy (non-hydrogen) atoms. The number of amides is 1. The summed E-state index contributed by atoms with van der Waals surface area (Å²) in [5, 5.41) is 5.82. The van der Waals surface area contributed by atoms with Gasteiger partial charge in [-0.1, -0.05) is 12.1 Å². The van der Waals surface area contributed by atoms with Crippen molar-refractivity contribution in [3.8, 4) is 17.0 Å². The minimum Gasteiger partial charge on any atom is -0.497 e. The fraction of sp³-hybridized carbons (Fsp3) is 0.273. The molecule has 162 valence electrons. The Morgan fingerprint density at radius 1 is 1.23 bits per heavy atom. The maximum absolute atomic E-state index is 13.1. The molecule has 1 fully saturated rings. The fourth-order valence-electron chi connectivity index (χ4n) is 3.65. The molecule has 0 radical (unpaired) electrons. The number of aryl methyl sites for hydroxylation is 1. The van der Waals surface area contributed by atoms with Crippen LogP contribution in [0.3, 0.4) is 0 Å². The standard InChI is InChI=1S/C22H23N3O4S2/c1-15-23-20(14-30-15)16-5-3-6-17(13-16)24-22(26)21-7-4-12-25(21)31(27,28)19-10-8-18(29-2)9-11-19/h3,5-6,8-11,13-14,21H,4,7,12H2,1-2H3,(H,24,26). The maximum Gasteiger partial charge on any atom is 0.243 e. The van der Waals surface area contributed by atoms with Crippen LogP contribution in [0.1, 0.15) is 17.8 Å². The van der Waals surface area contributed by atoms with E-state index < -0.39 is 16.1 Å². The third-order valence-corrected chi connectivity index (χ3v) is 7.91. The van der Waals surface area contributed by atoms with E-state index in [1.165, 1.54) is 23.5 Å². The topological polar surface area (TPSA) is 88.6 Å². The molecule has 9 heteroatoms. The van der Waals surface area contributed by atoms with E-state index in [1.807, 2.05) is 30.5 Å². The van der Waals surface area contributed by atoms with E-state index in [4.69, 9.17) is 4.74 Å². The van der Waals surface area contributed by atoms with Crippen LogP contribution in [-0.2, 0) is 14.8 Å². The van der Waals surface area contributed by atoms with Crippen LogP contribution in [0.15, 0.2) is 58.8 Å². The zero-order valence-corrected chi connectivity index (χ0v) is 18.9. The third-order valence-electron chi connectivity index (χ3n) is 5.22. The van der Waals surface area contributed by atoms with E-state index in [0.29, 0.717) is 30.8 Å². The molecule has 2 aromatic carbocycles. The summed E-state index contributed by atoms with van der Waals surface area (Å²) in [5.41, 5.74) is 2.36. The summed E-state index contributed by atoms with van der Waals surface area (Å²) >= 11 is 1.56. The SMILES string of the molecule is COc1ccc(S(=O)(=O)N2CCCC2C(=O)Nc2cccc(-c3csc(C)n3)c2)cc1. The molecule has 1 unspecified atom stereocenters. The number of methoxy groups -OCH3 is 1.